The van der Waals surface area contributed by atoms with Crippen LogP contribution in [0.1, 0.15) is 18.5 Å². The molecule has 0 aliphatic heterocycles. The molecule has 0 atom stereocenters. The van der Waals surface area contributed by atoms with Crippen LogP contribution in [-0.4, -0.2) is 21.4 Å². The summed E-state index contributed by atoms with van der Waals surface area (Å²) in [6, 6.07) is 0.550. The number of nitrogens with zero attached hydrogens (tertiary/aromatic N) is 3. The molecular formula is C10H13N5S. The van der Waals surface area contributed by atoms with Gasteiger partial charge in [-0.15, -0.1) is 11.3 Å². The van der Waals surface area contributed by atoms with E-state index >= 15 is 0 Å². The van der Waals surface area contributed by atoms with Gasteiger partial charge in [-0.3, -0.25) is 4.40 Å². The molecule has 16 heavy (non-hydrogen) atoms. The molecule has 1 saturated carbocycles. The predicted molar refractivity (Wildman–Crippen MR) is 64.6 cm³/mol. The lowest BCUT2D eigenvalue weighted by Gasteiger charge is -2.01. The second-order valence-electron chi connectivity index (χ2n) is 3.95. The molecule has 1 aliphatic carbocycles. The lowest BCUT2D eigenvalue weighted by Crippen LogP contribution is -2.33. The van der Waals surface area contributed by atoms with Crippen LogP contribution in [0.5, 0.6) is 0 Å². The van der Waals surface area contributed by atoms with Gasteiger partial charge in [-0.25, -0.2) is 9.98 Å². The van der Waals surface area contributed by atoms with Gasteiger partial charge >= 0.3 is 0 Å². The summed E-state index contributed by atoms with van der Waals surface area (Å²) in [5.41, 5.74) is 6.69. The zero-order valence-corrected chi connectivity index (χ0v) is 9.57. The van der Waals surface area contributed by atoms with Crippen LogP contribution < -0.4 is 11.1 Å². The van der Waals surface area contributed by atoms with Crippen LogP contribution in [0.4, 0.5) is 0 Å². The topological polar surface area (TPSA) is 67.7 Å². The SMILES string of the molecule is NC(=NCc1cn2ccsc2n1)NC1CC1. The summed E-state index contributed by atoms with van der Waals surface area (Å²) in [5, 5.41) is 5.16. The fourth-order valence-corrected chi connectivity index (χ4v) is 2.22. The Balaban J connectivity index is 1.67. The molecule has 0 unspecified atom stereocenters. The Labute approximate surface area is 97.0 Å². The van der Waals surface area contributed by atoms with E-state index in [0.717, 1.165) is 10.7 Å². The smallest absolute Gasteiger partial charge is 0.193 e. The van der Waals surface area contributed by atoms with Gasteiger partial charge in [-0.1, -0.05) is 0 Å². The Bertz CT molecular complexity index is 494. The van der Waals surface area contributed by atoms with Crippen molar-refractivity contribution in [2.45, 2.75) is 25.4 Å². The van der Waals surface area contributed by atoms with Crippen LogP contribution in [0.15, 0.2) is 22.8 Å². The van der Waals surface area contributed by atoms with Gasteiger partial charge in [0, 0.05) is 23.8 Å². The van der Waals surface area contributed by atoms with Crippen LogP contribution in [0, 0.1) is 0 Å². The standard InChI is InChI=1S/C10H13N5S/c11-9(13-7-1-2-7)12-5-8-6-15-3-4-16-10(15)14-8/h3-4,6-7H,1-2,5H2,(H3,11,12,13). The molecule has 0 spiro atoms. The van der Waals surface area contributed by atoms with Crippen molar-refractivity contribution in [3.8, 4) is 0 Å². The molecule has 0 bridgehead atoms. The Kier molecular flexibility index (Phi) is 2.28. The van der Waals surface area contributed by atoms with Gasteiger partial charge in [0.05, 0.1) is 12.2 Å². The Hall–Kier alpha value is -1.56. The van der Waals surface area contributed by atoms with E-state index < -0.39 is 0 Å². The Morgan fingerprint density at radius 1 is 1.69 bits per heavy atom. The highest BCUT2D eigenvalue weighted by Gasteiger charge is 2.21. The van der Waals surface area contributed by atoms with E-state index in [1.807, 2.05) is 22.2 Å². The summed E-state index contributed by atoms with van der Waals surface area (Å²) in [6.45, 7) is 0.542. The maximum absolute atomic E-state index is 5.74. The van der Waals surface area contributed by atoms with Crippen LogP contribution >= 0.6 is 11.3 Å². The van der Waals surface area contributed by atoms with Gasteiger partial charge in [0.25, 0.3) is 0 Å². The number of guanidine groups is 1. The van der Waals surface area contributed by atoms with E-state index in [-0.39, 0.29) is 0 Å². The number of hydrogen-bond donors (Lipinski definition) is 2. The van der Waals surface area contributed by atoms with Gasteiger partial charge in [0.2, 0.25) is 0 Å². The molecule has 2 heterocycles. The third kappa shape index (κ3) is 2.01. The van der Waals surface area contributed by atoms with E-state index in [2.05, 4.69) is 15.3 Å². The highest BCUT2D eigenvalue weighted by molar-refractivity contribution is 7.15. The van der Waals surface area contributed by atoms with Crippen molar-refractivity contribution < 1.29 is 0 Å². The third-order valence-electron chi connectivity index (χ3n) is 2.48. The molecular weight excluding hydrogens is 222 g/mol. The normalized spacial score (nSPS) is 16.9. The summed E-state index contributed by atoms with van der Waals surface area (Å²) in [6.07, 6.45) is 6.39. The van der Waals surface area contributed by atoms with E-state index in [9.17, 15) is 0 Å². The molecule has 3 N–H and O–H groups in total. The zero-order chi connectivity index (χ0) is 11.0. The van der Waals surface area contributed by atoms with Crippen molar-refractivity contribution in [1.82, 2.24) is 14.7 Å². The molecule has 6 heteroatoms. The molecule has 3 rings (SSSR count). The van der Waals surface area contributed by atoms with Crippen LogP contribution in [0.3, 0.4) is 0 Å². The third-order valence-corrected chi connectivity index (χ3v) is 3.25. The van der Waals surface area contributed by atoms with Crippen molar-refractivity contribution in [2.24, 2.45) is 10.7 Å². The predicted octanol–water partition coefficient (Wildman–Crippen LogP) is 0.962. The molecule has 1 aliphatic rings. The Morgan fingerprint density at radius 2 is 2.56 bits per heavy atom. The number of aromatic nitrogens is 2. The number of nitrogens with one attached hydrogen (secondary N) is 1. The lowest BCUT2D eigenvalue weighted by atomic mass is 10.5. The molecule has 0 amide bonds. The number of hydrogen-bond acceptors (Lipinski definition) is 3. The summed E-state index contributed by atoms with van der Waals surface area (Å²) in [4.78, 5) is 9.69. The highest BCUT2D eigenvalue weighted by Crippen LogP contribution is 2.18. The lowest BCUT2D eigenvalue weighted by molar-refractivity contribution is 0.874. The van der Waals surface area contributed by atoms with Crippen molar-refractivity contribution >= 4 is 22.3 Å². The molecule has 0 saturated heterocycles. The summed E-state index contributed by atoms with van der Waals surface area (Å²) >= 11 is 1.62. The van der Waals surface area contributed by atoms with Crippen molar-refractivity contribution in [1.29, 1.82) is 0 Å². The van der Waals surface area contributed by atoms with E-state index in [0.29, 0.717) is 18.5 Å². The monoisotopic (exact) mass is 235 g/mol. The number of thiazole rings is 1. The largest absolute Gasteiger partial charge is 0.370 e. The van der Waals surface area contributed by atoms with E-state index in [1.165, 1.54) is 12.8 Å². The van der Waals surface area contributed by atoms with Gasteiger partial charge in [-0.2, -0.15) is 0 Å². The minimum absolute atomic E-state index is 0.527. The van der Waals surface area contributed by atoms with Crippen LogP contribution in [-0.2, 0) is 6.54 Å². The van der Waals surface area contributed by atoms with Gasteiger partial charge in [0.1, 0.15) is 0 Å². The van der Waals surface area contributed by atoms with Crippen molar-refractivity contribution in [3.05, 3.63) is 23.5 Å². The minimum Gasteiger partial charge on any atom is -0.370 e. The molecule has 2 aromatic rings. The molecule has 2 aromatic heterocycles. The van der Waals surface area contributed by atoms with E-state index in [4.69, 9.17) is 5.73 Å². The van der Waals surface area contributed by atoms with Crippen molar-refractivity contribution in [2.75, 3.05) is 0 Å². The number of imidazole rings is 1. The number of rotatable bonds is 3. The summed E-state index contributed by atoms with van der Waals surface area (Å²) < 4.78 is 2.00. The second-order valence-corrected chi connectivity index (χ2v) is 4.82. The fourth-order valence-electron chi connectivity index (χ4n) is 1.50. The van der Waals surface area contributed by atoms with Gasteiger partial charge in [-0.05, 0) is 12.8 Å². The van der Waals surface area contributed by atoms with Crippen LogP contribution in [0.25, 0.3) is 4.96 Å². The fraction of sp³-hybridized carbons (Fsp3) is 0.400. The molecule has 5 nitrogen and oxygen atoms in total. The average molecular weight is 235 g/mol. The Morgan fingerprint density at radius 3 is 3.31 bits per heavy atom. The van der Waals surface area contributed by atoms with Crippen molar-refractivity contribution in [3.63, 3.8) is 0 Å². The average Bonchev–Trinajstić information content (AvgIpc) is 2.82. The first kappa shape index (κ1) is 9.65. The van der Waals surface area contributed by atoms with Gasteiger partial charge in [0.15, 0.2) is 10.9 Å². The first-order valence-electron chi connectivity index (χ1n) is 5.29. The highest BCUT2D eigenvalue weighted by atomic mass is 32.1. The molecule has 84 valence electrons. The summed E-state index contributed by atoms with van der Waals surface area (Å²) in [7, 11) is 0. The molecule has 1 fully saturated rings. The zero-order valence-electron chi connectivity index (χ0n) is 8.76. The minimum atomic E-state index is 0.527. The first-order chi connectivity index (χ1) is 7.81. The molecule has 0 radical (unpaired) electrons. The number of fused-ring (bicyclic) bond motifs is 1. The van der Waals surface area contributed by atoms with Crippen LogP contribution in [0.2, 0.25) is 0 Å². The maximum Gasteiger partial charge on any atom is 0.193 e. The second kappa shape index (κ2) is 3.79. The number of nitrogens with two attached hydrogens (primary N) is 1. The molecule has 0 aromatic carbocycles. The number of aliphatic imine (C=N–C) groups is 1. The summed E-state index contributed by atoms with van der Waals surface area (Å²) in [5.74, 6) is 0.527. The maximum atomic E-state index is 5.74. The first-order valence-corrected chi connectivity index (χ1v) is 6.17. The quantitative estimate of drug-likeness (QED) is 0.615. The van der Waals surface area contributed by atoms with E-state index in [1.54, 1.807) is 11.3 Å². The van der Waals surface area contributed by atoms with Gasteiger partial charge < -0.3 is 11.1 Å².